The van der Waals surface area contributed by atoms with Crippen LogP contribution in [-0.4, -0.2) is 54.6 Å². The smallest absolute Gasteiger partial charge is 0.374 e. The van der Waals surface area contributed by atoms with E-state index in [1.165, 1.54) is 6.42 Å². The van der Waals surface area contributed by atoms with Crippen LogP contribution in [0, 0.1) is 0 Å². The highest BCUT2D eigenvalue weighted by Gasteiger charge is 2.56. The highest BCUT2D eigenvalue weighted by Crippen LogP contribution is 2.62. The second kappa shape index (κ2) is 16.9. The second-order valence-corrected chi connectivity index (χ2v) is 16.3. The molecule has 5 unspecified atom stereocenters. The minimum atomic E-state index is -4.16. The summed E-state index contributed by atoms with van der Waals surface area (Å²) in [5.74, 6) is 0. The average Bonchev–Trinajstić information content (AvgIpc) is 3.08. The van der Waals surface area contributed by atoms with Gasteiger partial charge in [-0.15, -0.1) is 0 Å². The zero-order valence-corrected chi connectivity index (χ0v) is 30.7. The second-order valence-electron chi connectivity index (χ2n) is 14.9. The third-order valence-corrected chi connectivity index (χ3v) is 11.2. The monoisotopic (exact) mass is 708 g/mol. The van der Waals surface area contributed by atoms with E-state index in [4.69, 9.17) is 37.3 Å². The van der Waals surface area contributed by atoms with Crippen LogP contribution >= 0.6 is 7.82 Å². The highest BCUT2D eigenvalue weighted by atomic mass is 31.2. The van der Waals surface area contributed by atoms with E-state index < -0.39 is 49.7 Å². The molecular weight excluding hydrogens is 655 g/mol. The van der Waals surface area contributed by atoms with Crippen molar-refractivity contribution in [1.29, 1.82) is 0 Å². The molecule has 6 rings (SSSR count). The van der Waals surface area contributed by atoms with Gasteiger partial charge in [0.15, 0.2) is 6.29 Å². The van der Waals surface area contributed by atoms with E-state index in [-0.39, 0.29) is 19.3 Å². The van der Waals surface area contributed by atoms with Gasteiger partial charge in [0, 0.05) is 6.42 Å². The van der Waals surface area contributed by atoms with Crippen molar-refractivity contribution < 1.29 is 41.8 Å². The third kappa shape index (κ3) is 10.6. The molecule has 0 bridgehead atoms. The Morgan fingerprint density at radius 1 is 0.660 bits per heavy atom. The number of phosphoric acid groups is 1. The average molecular weight is 709 g/mol. The fourth-order valence-electron chi connectivity index (χ4n) is 7.32. The van der Waals surface area contributed by atoms with Gasteiger partial charge >= 0.3 is 7.82 Å². The first kappa shape index (κ1) is 37.3. The van der Waals surface area contributed by atoms with Crippen molar-refractivity contribution in [2.24, 2.45) is 0 Å². The molecule has 0 radical (unpaired) electrons. The lowest BCUT2D eigenvalue weighted by atomic mass is 9.93. The Kier molecular flexibility index (Phi) is 12.6. The van der Waals surface area contributed by atoms with E-state index in [1.807, 2.05) is 119 Å². The van der Waals surface area contributed by atoms with Gasteiger partial charge in [0.25, 0.3) is 0 Å². The Morgan fingerprint density at radius 3 is 1.70 bits per heavy atom. The first-order valence-corrected chi connectivity index (χ1v) is 19.5. The van der Waals surface area contributed by atoms with Crippen LogP contribution in [0.25, 0.3) is 0 Å². The van der Waals surface area contributed by atoms with Crippen molar-refractivity contribution in [3.05, 3.63) is 108 Å². The molecule has 2 saturated heterocycles. The molecule has 2 aliphatic heterocycles. The van der Waals surface area contributed by atoms with E-state index in [2.05, 4.69) is 0 Å². The zero-order valence-electron chi connectivity index (χ0n) is 29.8. The van der Waals surface area contributed by atoms with Gasteiger partial charge in [-0.05, 0) is 57.2 Å². The van der Waals surface area contributed by atoms with Crippen LogP contribution in [0.15, 0.2) is 91.0 Å². The Bertz CT molecular complexity index is 1480. The van der Waals surface area contributed by atoms with Gasteiger partial charge in [-0.25, -0.2) is 4.57 Å². The highest BCUT2D eigenvalue weighted by molar-refractivity contribution is 7.48. The number of benzene rings is 3. The van der Waals surface area contributed by atoms with E-state index >= 15 is 0 Å². The van der Waals surface area contributed by atoms with Crippen molar-refractivity contribution in [3.63, 3.8) is 0 Å². The third-order valence-electron chi connectivity index (χ3n) is 9.25. The van der Waals surface area contributed by atoms with Crippen LogP contribution in [0.5, 0.6) is 0 Å². The summed E-state index contributed by atoms with van der Waals surface area (Å²) in [6, 6.07) is 29.9. The quantitative estimate of drug-likeness (QED) is 0.152. The first-order chi connectivity index (χ1) is 24.1. The molecule has 1 saturated carbocycles. The fourth-order valence-corrected chi connectivity index (χ4v) is 9.30. The van der Waals surface area contributed by atoms with Crippen LogP contribution < -0.4 is 0 Å². The molecular formula is C40H53O9P. The van der Waals surface area contributed by atoms with Crippen LogP contribution in [-0.2, 0) is 61.6 Å². The molecule has 0 spiro atoms. The molecule has 272 valence electrons. The fraction of sp³-hybridized carbons (Fsp3) is 0.550. The van der Waals surface area contributed by atoms with E-state index in [0.29, 0.717) is 19.6 Å². The van der Waals surface area contributed by atoms with Gasteiger partial charge in [0.05, 0.1) is 43.7 Å². The van der Waals surface area contributed by atoms with Gasteiger partial charge in [-0.1, -0.05) is 110 Å². The molecule has 2 heterocycles. The van der Waals surface area contributed by atoms with Crippen LogP contribution in [0.1, 0.15) is 82.9 Å². The Hall–Kier alpha value is -2.43. The molecule has 5 atom stereocenters. The molecule has 10 heteroatoms. The molecule has 1 aliphatic carbocycles. The number of rotatable bonds is 14. The summed E-state index contributed by atoms with van der Waals surface area (Å²) in [6.07, 6.45) is 1.53. The predicted molar refractivity (Wildman–Crippen MR) is 190 cm³/mol. The van der Waals surface area contributed by atoms with Crippen molar-refractivity contribution in [3.8, 4) is 0 Å². The SMILES string of the molecule is CC1(C)CC(C)(C)OP(=O)(OC2C(OC3CCCCC3)OC(COCc3ccccc3)C(OCc3ccccc3)C2OCc2ccccc2)O1. The molecule has 9 nitrogen and oxygen atoms in total. The van der Waals surface area contributed by atoms with Gasteiger partial charge in [0.2, 0.25) is 0 Å². The Morgan fingerprint density at radius 2 is 1.16 bits per heavy atom. The molecule has 50 heavy (non-hydrogen) atoms. The van der Waals surface area contributed by atoms with Crippen molar-refractivity contribution >= 4 is 7.82 Å². The lowest BCUT2D eigenvalue weighted by Crippen LogP contribution is -2.62. The number of hydrogen-bond donors (Lipinski definition) is 0. The van der Waals surface area contributed by atoms with Crippen molar-refractivity contribution in [2.45, 2.75) is 134 Å². The number of phosphoric ester groups is 1. The molecule has 3 aromatic rings. The summed E-state index contributed by atoms with van der Waals surface area (Å²) in [4.78, 5) is 0. The van der Waals surface area contributed by atoms with Crippen LogP contribution in [0.4, 0.5) is 0 Å². The molecule has 3 aliphatic rings. The molecule has 0 amide bonds. The summed E-state index contributed by atoms with van der Waals surface area (Å²) in [5.41, 5.74) is 1.49. The van der Waals surface area contributed by atoms with Gasteiger partial charge in [-0.2, -0.15) is 0 Å². The zero-order chi connectivity index (χ0) is 35.0. The lowest BCUT2D eigenvalue weighted by Gasteiger charge is -2.49. The summed E-state index contributed by atoms with van der Waals surface area (Å²) < 4.78 is 66.8. The normalized spacial score (nSPS) is 27.9. The maximum Gasteiger partial charge on any atom is 0.476 e. The molecule has 0 aromatic heterocycles. The standard InChI is InChI=1S/C40H53O9P/c1-39(2)29-40(3,4)49-50(41,48-39)47-37-36(44-27-32-21-13-7-14-22-32)35(43-26-31-19-11-6-12-20-31)34(28-42-25-30-17-9-5-10-18-30)46-38(37)45-33-23-15-8-16-24-33/h5-7,9-14,17-22,33-38H,8,15-16,23-29H2,1-4H3. The summed E-state index contributed by atoms with van der Waals surface area (Å²) >= 11 is 0. The number of hydrogen-bond acceptors (Lipinski definition) is 9. The van der Waals surface area contributed by atoms with Gasteiger partial charge in [-0.3, -0.25) is 13.6 Å². The van der Waals surface area contributed by atoms with E-state index in [1.54, 1.807) is 0 Å². The Labute approximate surface area is 297 Å². The first-order valence-electron chi connectivity index (χ1n) is 18.0. The van der Waals surface area contributed by atoms with Crippen LogP contribution in [0.3, 0.4) is 0 Å². The number of ether oxygens (including phenoxy) is 5. The molecule has 3 aromatic carbocycles. The molecule has 0 N–H and O–H groups in total. The summed E-state index contributed by atoms with van der Waals surface area (Å²) in [7, 11) is -4.16. The Balaban J connectivity index is 1.35. The maximum atomic E-state index is 14.6. The maximum absolute atomic E-state index is 14.6. The van der Waals surface area contributed by atoms with Crippen molar-refractivity contribution in [1.82, 2.24) is 0 Å². The van der Waals surface area contributed by atoms with E-state index in [0.717, 1.165) is 42.4 Å². The predicted octanol–water partition coefficient (Wildman–Crippen LogP) is 8.94. The summed E-state index contributed by atoms with van der Waals surface area (Å²) in [5, 5.41) is 0. The summed E-state index contributed by atoms with van der Waals surface area (Å²) in [6.45, 7) is 8.75. The minimum absolute atomic E-state index is 0.0516. The lowest BCUT2D eigenvalue weighted by molar-refractivity contribution is -0.327. The topological polar surface area (TPSA) is 90.9 Å². The largest absolute Gasteiger partial charge is 0.476 e. The van der Waals surface area contributed by atoms with Gasteiger partial charge < -0.3 is 23.7 Å². The van der Waals surface area contributed by atoms with Crippen LogP contribution in [0.2, 0.25) is 0 Å². The van der Waals surface area contributed by atoms with Gasteiger partial charge in [0.1, 0.15) is 24.4 Å². The molecule has 3 fully saturated rings. The van der Waals surface area contributed by atoms with Crippen molar-refractivity contribution in [2.75, 3.05) is 6.61 Å². The minimum Gasteiger partial charge on any atom is -0.374 e. The van der Waals surface area contributed by atoms with E-state index in [9.17, 15) is 4.57 Å².